The first-order valence-electron chi connectivity index (χ1n) is 5.08. The Morgan fingerprint density at radius 1 is 1.47 bits per heavy atom. The summed E-state index contributed by atoms with van der Waals surface area (Å²) in [5, 5.41) is 20.9. The molecule has 3 nitrogen and oxygen atoms in total. The maximum atomic E-state index is 12.6. The minimum absolute atomic E-state index is 0.00784. The highest BCUT2D eigenvalue weighted by Gasteiger charge is 2.32. The third-order valence-corrected chi connectivity index (χ3v) is 3.44. The van der Waals surface area contributed by atoms with Crippen molar-refractivity contribution in [3.63, 3.8) is 0 Å². The highest BCUT2D eigenvalue weighted by molar-refractivity contribution is 14.1. The van der Waals surface area contributed by atoms with Gasteiger partial charge in [0.25, 0.3) is 0 Å². The van der Waals surface area contributed by atoms with Gasteiger partial charge in [-0.1, -0.05) is 0 Å². The van der Waals surface area contributed by atoms with E-state index in [1.54, 1.807) is 28.7 Å². The molecule has 0 saturated heterocycles. The maximum Gasteiger partial charge on any atom is 0.416 e. The van der Waals surface area contributed by atoms with Crippen LogP contribution in [0.1, 0.15) is 11.1 Å². The SMILES string of the molecule is N#Cc1cc(C(F)(F)F)cc(I)c1NCC(O)CCl. The van der Waals surface area contributed by atoms with E-state index in [2.05, 4.69) is 5.32 Å². The van der Waals surface area contributed by atoms with Crippen LogP contribution in [0.5, 0.6) is 0 Å². The zero-order valence-corrected chi connectivity index (χ0v) is 12.3. The van der Waals surface area contributed by atoms with Gasteiger partial charge in [0.2, 0.25) is 0 Å². The smallest absolute Gasteiger partial charge is 0.390 e. The van der Waals surface area contributed by atoms with E-state index in [0.29, 0.717) is 0 Å². The normalized spacial score (nSPS) is 12.9. The van der Waals surface area contributed by atoms with E-state index in [4.69, 9.17) is 16.9 Å². The summed E-state index contributed by atoms with van der Waals surface area (Å²) >= 11 is 7.12. The fourth-order valence-corrected chi connectivity index (χ4v) is 2.24. The molecule has 1 atom stereocenters. The lowest BCUT2D eigenvalue weighted by Gasteiger charge is -2.15. The summed E-state index contributed by atoms with van der Waals surface area (Å²) < 4.78 is 38.0. The van der Waals surface area contributed by atoms with Crippen molar-refractivity contribution < 1.29 is 18.3 Å². The molecule has 0 fully saturated rings. The number of anilines is 1. The lowest BCUT2D eigenvalue weighted by Crippen LogP contribution is -2.22. The number of hydrogen-bond acceptors (Lipinski definition) is 3. The summed E-state index contributed by atoms with van der Waals surface area (Å²) in [4.78, 5) is 0. The Kier molecular flexibility index (Phi) is 5.70. The predicted molar refractivity (Wildman–Crippen MR) is 74.1 cm³/mol. The Hall–Kier alpha value is -0.720. The van der Waals surface area contributed by atoms with E-state index in [1.165, 1.54) is 0 Å². The van der Waals surface area contributed by atoms with Crippen molar-refractivity contribution in [1.82, 2.24) is 0 Å². The van der Waals surface area contributed by atoms with E-state index in [1.807, 2.05) is 0 Å². The summed E-state index contributed by atoms with van der Waals surface area (Å²) in [7, 11) is 0. The Labute approximate surface area is 126 Å². The standard InChI is InChI=1S/C11H9ClF3IN2O/c12-3-8(19)5-18-10-6(4-17)1-7(2-9(10)16)11(13,14)15/h1-2,8,18-19H,3,5H2. The van der Waals surface area contributed by atoms with Gasteiger partial charge in [0.05, 0.1) is 28.8 Å². The minimum Gasteiger partial charge on any atom is -0.390 e. The molecule has 0 aliphatic carbocycles. The molecule has 1 rings (SSSR count). The lowest BCUT2D eigenvalue weighted by atomic mass is 10.1. The first kappa shape index (κ1) is 16.3. The zero-order chi connectivity index (χ0) is 14.6. The van der Waals surface area contributed by atoms with Gasteiger partial charge < -0.3 is 10.4 Å². The number of aliphatic hydroxyl groups is 1. The van der Waals surface area contributed by atoms with Gasteiger partial charge in [-0.25, -0.2) is 0 Å². The fraction of sp³-hybridized carbons (Fsp3) is 0.364. The molecule has 1 aromatic carbocycles. The van der Waals surface area contributed by atoms with Gasteiger partial charge in [0, 0.05) is 10.1 Å². The van der Waals surface area contributed by atoms with Gasteiger partial charge in [0.15, 0.2) is 0 Å². The van der Waals surface area contributed by atoms with Gasteiger partial charge in [0.1, 0.15) is 6.07 Å². The Balaban J connectivity index is 3.10. The minimum atomic E-state index is -4.50. The molecule has 1 aromatic rings. The molecule has 0 aromatic heterocycles. The summed E-state index contributed by atoms with van der Waals surface area (Å²) in [6, 6.07) is 3.43. The molecule has 0 radical (unpaired) electrons. The van der Waals surface area contributed by atoms with Gasteiger partial charge in [-0.3, -0.25) is 0 Å². The van der Waals surface area contributed by atoms with Crippen molar-refractivity contribution >= 4 is 39.9 Å². The van der Waals surface area contributed by atoms with Gasteiger partial charge in [-0.15, -0.1) is 11.6 Å². The molecule has 104 valence electrons. The molecule has 8 heteroatoms. The molecular formula is C11H9ClF3IN2O. The molecule has 0 bridgehead atoms. The van der Waals surface area contributed by atoms with E-state index in [9.17, 15) is 18.3 Å². The highest BCUT2D eigenvalue weighted by Crippen LogP contribution is 2.34. The Morgan fingerprint density at radius 3 is 2.58 bits per heavy atom. The monoisotopic (exact) mass is 404 g/mol. The van der Waals surface area contributed by atoms with Gasteiger partial charge in [-0.2, -0.15) is 18.4 Å². The first-order valence-corrected chi connectivity index (χ1v) is 6.69. The summed E-state index contributed by atoms with van der Waals surface area (Å²) in [5.41, 5.74) is -0.738. The van der Waals surface area contributed by atoms with Crippen LogP contribution in [0.4, 0.5) is 18.9 Å². The van der Waals surface area contributed by atoms with Crippen molar-refractivity contribution in [2.24, 2.45) is 0 Å². The number of nitrogens with zero attached hydrogens (tertiary/aromatic N) is 1. The Bertz CT molecular complexity index is 502. The number of aliphatic hydroxyl groups excluding tert-OH is 1. The van der Waals surface area contributed by atoms with Crippen LogP contribution in [0.3, 0.4) is 0 Å². The zero-order valence-electron chi connectivity index (χ0n) is 9.43. The van der Waals surface area contributed by atoms with Gasteiger partial charge in [-0.05, 0) is 34.7 Å². The van der Waals surface area contributed by atoms with Crippen LogP contribution in [0.2, 0.25) is 0 Å². The molecule has 0 heterocycles. The Morgan fingerprint density at radius 2 is 2.11 bits per heavy atom. The van der Waals surface area contributed by atoms with Gasteiger partial charge >= 0.3 is 6.18 Å². The summed E-state index contributed by atoms with van der Waals surface area (Å²) in [5.74, 6) is -0.00784. The van der Waals surface area contributed by atoms with Crippen LogP contribution >= 0.6 is 34.2 Å². The molecule has 19 heavy (non-hydrogen) atoms. The van der Waals surface area contributed by atoms with Crippen LogP contribution in [-0.4, -0.2) is 23.6 Å². The average molecular weight is 405 g/mol. The fourth-order valence-electron chi connectivity index (χ4n) is 1.31. The number of rotatable bonds is 4. The average Bonchev–Trinajstić information content (AvgIpc) is 2.34. The molecule has 1 unspecified atom stereocenters. The van der Waals surface area contributed by atoms with Crippen molar-refractivity contribution in [3.05, 3.63) is 26.8 Å². The van der Waals surface area contributed by atoms with Crippen molar-refractivity contribution in [1.29, 1.82) is 5.26 Å². The van der Waals surface area contributed by atoms with Crippen LogP contribution < -0.4 is 5.32 Å². The number of benzene rings is 1. The van der Waals surface area contributed by atoms with Crippen LogP contribution in [0.25, 0.3) is 0 Å². The quantitative estimate of drug-likeness (QED) is 0.599. The molecule has 0 aliphatic rings. The largest absolute Gasteiger partial charge is 0.416 e. The second-order valence-electron chi connectivity index (χ2n) is 3.68. The summed E-state index contributed by atoms with van der Waals surface area (Å²) in [6.45, 7) is 0.0551. The molecular weight excluding hydrogens is 395 g/mol. The second-order valence-corrected chi connectivity index (χ2v) is 5.15. The second kappa shape index (κ2) is 6.63. The lowest BCUT2D eigenvalue weighted by molar-refractivity contribution is -0.137. The predicted octanol–water partition coefficient (Wildman–Crippen LogP) is 3.19. The molecule has 2 N–H and O–H groups in total. The third-order valence-electron chi connectivity index (χ3n) is 2.23. The third kappa shape index (κ3) is 4.40. The van der Waals surface area contributed by atoms with E-state index >= 15 is 0 Å². The first-order chi connectivity index (χ1) is 8.79. The number of hydrogen-bond donors (Lipinski definition) is 2. The van der Waals surface area contributed by atoms with E-state index in [0.717, 1.165) is 12.1 Å². The molecule has 0 amide bonds. The van der Waals surface area contributed by atoms with Crippen molar-refractivity contribution in [2.75, 3.05) is 17.7 Å². The highest BCUT2D eigenvalue weighted by atomic mass is 127. The van der Waals surface area contributed by atoms with Crippen LogP contribution in [0, 0.1) is 14.9 Å². The summed E-state index contributed by atoms with van der Waals surface area (Å²) in [6.07, 6.45) is -5.34. The molecule has 0 saturated carbocycles. The molecule has 0 spiro atoms. The van der Waals surface area contributed by atoms with Crippen molar-refractivity contribution in [3.8, 4) is 6.07 Å². The van der Waals surface area contributed by atoms with E-state index < -0.39 is 17.8 Å². The molecule has 0 aliphatic heterocycles. The number of nitriles is 1. The maximum absolute atomic E-state index is 12.6. The topological polar surface area (TPSA) is 56.0 Å². The van der Waals surface area contributed by atoms with Crippen LogP contribution in [0.15, 0.2) is 12.1 Å². The number of nitrogens with one attached hydrogen (secondary N) is 1. The number of halogens is 5. The van der Waals surface area contributed by atoms with Crippen LogP contribution in [-0.2, 0) is 6.18 Å². The van der Waals surface area contributed by atoms with Crippen molar-refractivity contribution in [2.45, 2.75) is 12.3 Å². The number of alkyl halides is 4. The van der Waals surface area contributed by atoms with E-state index in [-0.39, 0.29) is 27.2 Å².